The minimum Gasteiger partial charge on any atom is -0.507 e. The second-order valence-corrected chi connectivity index (χ2v) is 7.86. The first-order valence-electron chi connectivity index (χ1n) is 8.93. The number of carbonyl (C=O) groups excluding carboxylic acids is 1. The molecule has 7 nitrogen and oxygen atoms in total. The highest BCUT2D eigenvalue weighted by Crippen LogP contribution is 2.26. The first-order valence-corrected chi connectivity index (χ1v) is 9.75. The van der Waals surface area contributed by atoms with Crippen molar-refractivity contribution in [1.82, 2.24) is 15.0 Å². The molecule has 2 aromatic heterocycles. The molecule has 2 aromatic carbocycles. The molecule has 0 aliphatic rings. The van der Waals surface area contributed by atoms with Crippen molar-refractivity contribution in [1.29, 1.82) is 0 Å². The summed E-state index contributed by atoms with van der Waals surface area (Å²) < 4.78 is 1.27. The van der Waals surface area contributed by atoms with Crippen LogP contribution in [0.25, 0.3) is 21.0 Å². The Hall–Kier alpha value is -3.52. The van der Waals surface area contributed by atoms with Gasteiger partial charge in [0.15, 0.2) is 0 Å². The number of rotatable bonds is 4. The second-order valence-electron chi connectivity index (χ2n) is 6.65. The van der Waals surface area contributed by atoms with Gasteiger partial charge in [-0.3, -0.25) is 14.2 Å². The number of hydrazone groups is 1. The van der Waals surface area contributed by atoms with Gasteiger partial charge < -0.3 is 5.11 Å². The number of hydrogen-bond acceptors (Lipinski definition) is 6. The number of phenolic OH excluding ortho intramolecular Hbond substituents is 1. The van der Waals surface area contributed by atoms with Crippen LogP contribution in [0.5, 0.6) is 5.75 Å². The van der Waals surface area contributed by atoms with Crippen LogP contribution in [0.1, 0.15) is 16.0 Å². The summed E-state index contributed by atoms with van der Waals surface area (Å²) in [4.78, 5) is 30.9. The Kier molecular flexibility index (Phi) is 4.85. The highest BCUT2D eigenvalue weighted by molar-refractivity contribution is 7.18. The number of aromatic nitrogens is 2. The van der Waals surface area contributed by atoms with E-state index < -0.39 is 5.91 Å². The number of nitrogens with zero attached hydrogens (tertiary/aromatic N) is 3. The molecule has 0 fully saturated rings. The lowest BCUT2D eigenvalue weighted by Gasteiger charge is -2.06. The Labute approximate surface area is 169 Å². The SMILES string of the molecule is Cc1sc2ncn(CC(=O)NN=Cc3c(O)ccc4ccccc34)c(=O)c2c1C. The van der Waals surface area contributed by atoms with E-state index >= 15 is 0 Å². The van der Waals surface area contributed by atoms with E-state index in [0.717, 1.165) is 21.2 Å². The van der Waals surface area contributed by atoms with Gasteiger partial charge in [-0.15, -0.1) is 11.3 Å². The fourth-order valence-electron chi connectivity index (χ4n) is 3.16. The second kappa shape index (κ2) is 7.48. The number of hydrogen-bond donors (Lipinski definition) is 2. The highest BCUT2D eigenvalue weighted by Gasteiger charge is 2.13. The Morgan fingerprint density at radius 1 is 1.28 bits per heavy atom. The fourth-order valence-corrected chi connectivity index (χ4v) is 4.15. The van der Waals surface area contributed by atoms with Crippen LogP contribution in [0.15, 0.2) is 52.6 Å². The molecule has 0 bridgehead atoms. The Balaban J connectivity index is 1.54. The minimum absolute atomic E-state index is 0.0656. The maximum atomic E-state index is 12.7. The highest BCUT2D eigenvalue weighted by atomic mass is 32.1. The predicted molar refractivity (Wildman–Crippen MR) is 115 cm³/mol. The molecular weight excluding hydrogens is 388 g/mol. The lowest BCUT2D eigenvalue weighted by molar-refractivity contribution is -0.121. The van der Waals surface area contributed by atoms with Gasteiger partial charge in [0.05, 0.1) is 17.9 Å². The topological polar surface area (TPSA) is 96.6 Å². The van der Waals surface area contributed by atoms with Crippen molar-refractivity contribution in [3.05, 3.63) is 69.1 Å². The Morgan fingerprint density at radius 2 is 2.07 bits per heavy atom. The number of amides is 1. The zero-order valence-electron chi connectivity index (χ0n) is 15.8. The fraction of sp³-hybridized carbons (Fsp3) is 0.143. The van der Waals surface area contributed by atoms with Crippen LogP contribution in [0.2, 0.25) is 0 Å². The maximum Gasteiger partial charge on any atom is 0.262 e. The van der Waals surface area contributed by atoms with Crippen molar-refractivity contribution in [2.45, 2.75) is 20.4 Å². The van der Waals surface area contributed by atoms with Crippen LogP contribution in [-0.4, -0.2) is 26.8 Å². The number of benzene rings is 2. The first kappa shape index (κ1) is 18.8. The third kappa shape index (κ3) is 3.50. The first-order chi connectivity index (χ1) is 14.0. The molecule has 1 amide bonds. The Bertz CT molecular complexity index is 1340. The van der Waals surface area contributed by atoms with E-state index in [1.54, 1.807) is 6.07 Å². The lowest BCUT2D eigenvalue weighted by atomic mass is 10.0. The summed E-state index contributed by atoms with van der Waals surface area (Å²) in [5, 5.41) is 16.4. The zero-order valence-corrected chi connectivity index (χ0v) is 16.7. The predicted octanol–water partition coefficient (Wildman–Crippen LogP) is 3.08. The van der Waals surface area contributed by atoms with E-state index in [1.165, 1.54) is 28.4 Å². The third-order valence-corrected chi connectivity index (χ3v) is 5.92. The van der Waals surface area contributed by atoms with Crippen LogP contribution >= 0.6 is 11.3 Å². The van der Waals surface area contributed by atoms with Gasteiger partial charge in [-0.2, -0.15) is 5.10 Å². The molecule has 146 valence electrons. The molecule has 4 aromatic rings. The van der Waals surface area contributed by atoms with Gasteiger partial charge in [-0.25, -0.2) is 10.4 Å². The number of thiophene rings is 1. The van der Waals surface area contributed by atoms with Gasteiger partial charge >= 0.3 is 0 Å². The largest absolute Gasteiger partial charge is 0.507 e. The average Bonchev–Trinajstić information content (AvgIpc) is 3.00. The number of fused-ring (bicyclic) bond motifs is 2. The molecule has 0 aliphatic heterocycles. The summed E-state index contributed by atoms with van der Waals surface area (Å²) in [5.74, 6) is -0.398. The molecule has 2 N–H and O–H groups in total. The van der Waals surface area contributed by atoms with Crippen molar-refractivity contribution in [3.63, 3.8) is 0 Å². The summed E-state index contributed by atoms with van der Waals surface area (Å²) in [6.07, 6.45) is 2.77. The van der Waals surface area contributed by atoms with Crippen molar-refractivity contribution >= 4 is 44.4 Å². The third-order valence-electron chi connectivity index (χ3n) is 4.80. The van der Waals surface area contributed by atoms with Gasteiger partial charge in [0.25, 0.3) is 11.5 Å². The van der Waals surface area contributed by atoms with Crippen molar-refractivity contribution < 1.29 is 9.90 Å². The summed E-state index contributed by atoms with van der Waals surface area (Å²) in [7, 11) is 0. The molecule has 0 spiro atoms. The number of aryl methyl sites for hydroxylation is 2. The summed E-state index contributed by atoms with van der Waals surface area (Å²) in [5.41, 5.74) is 3.55. The van der Waals surface area contributed by atoms with E-state index in [9.17, 15) is 14.7 Å². The van der Waals surface area contributed by atoms with Crippen molar-refractivity contribution in [2.24, 2.45) is 5.10 Å². The number of phenols is 1. The van der Waals surface area contributed by atoms with Crippen molar-refractivity contribution in [3.8, 4) is 5.75 Å². The summed E-state index contributed by atoms with van der Waals surface area (Å²) in [6, 6.07) is 10.9. The lowest BCUT2D eigenvalue weighted by Crippen LogP contribution is -2.30. The monoisotopic (exact) mass is 406 g/mol. The normalized spacial score (nSPS) is 11.5. The number of carbonyl (C=O) groups is 1. The molecule has 8 heteroatoms. The van der Waals surface area contributed by atoms with E-state index in [2.05, 4.69) is 15.5 Å². The van der Waals surface area contributed by atoms with Crippen LogP contribution in [0, 0.1) is 13.8 Å². The molecule has 2 heterocycles. The van der Waals surface area contributed by atoms with Crippen LogP contribution < -0.4 is 11.0 Å². The Morgan fingerprint density at radius 3 is 2.90 bits per heavy atom. The van der Waals surface area contributed by atoms with E-state index in [0.29, 0.717) is 15.8 Å². The molecule has 0 radical (unpaired) electrons. The van der Waals surface area contributed by atoms with E-state index in [-0.39, 0.29) is 17.9 Å². The summed E-state index contributed by atoms with van der Waals surface area (Å²) in [6.45, 7) is 3.62. The average molecular weight is 406 g/mol. The molecule has 4 rings (SSSR count). The van der Waals surface area contributed by atoms with Crippen LogP contribution in [0.4, 0.5) is 0 Å². The van der Waals surface area contributed by atoms with E-state index in [1.807, 2.05) is 44.2 Å². The van der Waals surface area contributed by atoms with Crippen molar-refractivity contribution in [2.75, 3.05) is 0 Å². The van der Waals surface area contributed by atoms with Gasteiger partial charge in [0, 0.05) is 10.4 Å². The smallest absolute Gasteiger partial charge is 0.262 e. The van der Waals surface area contributed by atoms with Gasteiger partial charge in [0.1, 0.15) is 17.1 Å². The van der Waals surface area contributed by atoms with E-state index in [4.69, 9.17) is 0 Å². The molecule has 0 saturated heterocycles. The minimum atomic E-state index is -0.464. The standard InChI is InChI=1S/C21H18N4O3S/c1-12-13(2)29-20-19(12)21(28)25(11-22-20)10-18(27)24-23-9-16-15-6-4-3-5-14(15)7-8-17(16)26/h3-9,11,26H,10H2,1-2H3,(H,24,27). The molecular formula is C21H18N4O3S. The zero-order chi connectivity index (χ0) is 20.5. The molecule has 0 aliphatic carbocycles. The number of nitrogens with one attached hydrogen (secondary N) is 1. The van der Waals surface area contributed by atoms with Gasteiger partial charge in [-0.05, 0) is 36.2 Å². The van der Waals surface area contributed by atoms with Gasteiger partial charge in [0.2, 0.25) is 0 Å². The van der Waals surface area contributed by atoms with Crippen LogP contribution in [-0.2, 0) is 11.3 Å². The quantitative estimate of drug-likeness (QED) is 0.402. The molecule has 0 atom stereocenters. The number of aromatic hydroxyl groups is 1. The van der Waals surface area contributed by atoms with Gasteiger partial charge in [-0.1, -0.05) is 30.3 Å². The molecule has 29 heavy (non-hydrogen) atoms. The molecule has 0 unspecified atom stereocenters. The molecule has 0 saturated carbocycles. The van der Waals surface area contributed by atoms with Crippen LogP contribution in [0.3, 0.4) is 0 Å². The maximum absolute atomic E-state index is 12.7. The summed E-state index contributed by atoms with van der Waals surface area (Å²) >= 11 is 1.46.